The molecule has 0 atom stereocenters. The van der Waals surface area contributed by atoms with Crippen LogP contribution in [-0.2, 0) is 21.4 Å². The molecule has 1 fully saturated rings. The van der Waals surface area contributed by atoms with Crippen LogP contribution in [0.25, 0.3) is 10.8 Å². The van der Waals surface area contributed by atoms with Gasteiger partial charge < -0.3 is 15.6 Å². The lowest BCUT2D eigenvalue weighted by atomic mass is 10.0. The lowest BCUT2D eigenvalue weighted by Crippen LogP contribution is -2.35. The second kappa shape index (κ2) is 8.83. The highest BCUT2D eigenvalue weighted by Gasteiger charge is 2.18. The van der Waals surface area contributed by atoms with E-state index in [4.69, 9.17) is 10.5 Å². The molecule has 0 amide bonds. The number of phenolic OH excluding ortho intramolecular Hbond substituents is 1. The van der Waals surface area contributed by atoms with Gasteiger partial charge in [-0.2, -0.15) is 13.5 Å². The highest BCUT2D eigenvalue weighted by atomic mass is 32.2. The van der Waals surface area contributed by atoms with Gasteiger partial charge in [0.1, 0.15) is 11.4 Å². The Morgan fingerprint density at radius 1 is 1.09 bits per heavy atom. The molecule has 32 heavy (non-hydrogen) atoms. The number of aryl methyl sites for hydroxylation is 1. The van der Waals surface area contributed by atoms with E-state index in [9.17, 15) is 18.1 Å². The van der Waals surface area contributed by atoms with E-state index >= 15 is 0 Å². The standard InChI is InChI=1S/C22H24N4O5S/c1-14-10-16-11-18(32(28,29)30)12-19(27)20(16)21(23)22(14)25-24-17-4-2-15(3-5-17)13-26-6-8-31-9-7-26/h2-5,10-12,27H,6-9,13,23H2,1H3,(H,28,29,30). The summed E-state index contributed by atoms with van der Waals surface area (Å²) in [6, 6.07) is 11.6. The van der Waals surface area contributed by atoms with Gasteiger partial charge in [0.2, 0.25) is 0 Å². The van der Waals surface area contributed by atoms with E-state index in [0.717, 1.165) is 38.9 Å². The molecule has 0 unspecified atom stereocenters. The predicted molar refractivity (Wildman–Crippen MR) is 121 cm³/mol. The van der Waals surface area contributed by atoms with Crippen molar-refractivity contribution in [2.75, 3.05) is 32.0 Å². The van der Waals surface area contributed by atoms with Crippen LogP contribution < -0.4 is 5.73 Å². The van der Waals surface area contributed by atoms with Gasteiger partial charge in [-0.25, -0.2) is 0 Å². The molecule has 1 aliphatic heterocycles. The van der Waals surface area contributed by atoms with Crippen molar-refractivity contribution >= 4 is 38.0 Å². The molecule has 3 aromatic carbocycles. The average molecular weight is 457 g/mol. The maximum Gasteiger partial charge on any atom is 0.294 e. The monoisotopic (exact) mass is 456 g/mol. The number of phenols is 1. The Labute approximate surface area is 185 Å². The van der Waals surface area contributed by atoms with Crippen LogP contribution in [0.3, 0.4) is 0 Å². The van der Waals surface area contributed by atoms with Crippen LogP contribution in [0.2, 0.25) is 0 Å². The zero-order valence-electron chi connectivity index (χ0n) is 17.5. The van der Waals surface area contributed by atoms with Gasteiger partial charge in [-0.15, -0.1) is 5.11 Å². The molecule has 3 aromatic rings. The molecule has 0 spiro atoms. The molecular formula is C22H24N4O5S. The summed E-state index contributed by atoms with van der Waals surface area (Å²) in [5.74, 6) is -0.364. The Hall–Kier alpha value is -3.05. The minimum atomic E-state index is -4.46. The Morgan fingerprint density at radius 2 is 1.78 bits per heavy atom. The maximum absolute atomic E-state index is 11.4. The molecule has 168 valence electrons. The number of benzene rings is 3. The number of azo groups is 1. The normalized spacial score (nSPS) is 15.6. The summed E-state index contributed by atoms with van der Waals surface area (Å²) in [5.41, 5.74) is 9.26. The SMILES string of the molecule is Cc1cc2cc(S(=O)(=O)O)cc(O)c2c(N)c1N=Nc1ccc(CN2CCOCC2)cc1. The van der Waals surface area contributed by atoms with Crippen molar-refractivity contribution in [3.05, 3.63) is 53.6 Å². The highest BCUT2D eigenvalue weighted by molar-refractivity contribution is 7.85. The van der Waals surface area contributed by atoms with Crippen LogP contribution in [0, 0.1) is 6.92 Å². The largest absolute Gasteiger partial charge is 0.507 e. The lowest BCUT2D eigenvalue weighted by molar-refractivity contribution is 0.0342. The summed E-state index contributed by atoms with van der Waals surface area (Å²) in [6.07, 6.45) is 0. The molecule has 0 aromatic heterocycles. The van der Waals surface area contributed by atoms with E-state index in [1.165, 1.54) is 11.6 Å². The first-order valence-electron chi connectivity index (χ1n) is 10.1. The average Bonchev–Trinajstić information content (AvgIpc) is 2.74. The molecule has 10 heteroatoms. The number of ether oxygens (including phenoxy) is 1. The van der Waals surface area contributed by atoms with Crippen molar-refractivity contribution in [2.45, 2.75) is 18.4 Å². The van der Waals surface area contributed by atoms with Gasteiger partial charge in [0, 0.05) is 31.1 Å². The predicted octanol–water partition coefficient (Wildman–Crippen LogP) is 3.93. The van der Waals surface area contributed by atoms with Crippen molar-refractivity contribution in [1.82, 2.24) is 4.90 Å². The molecule has 1 saturated heterocycles. The van der Waals surface area contributed by atoms with E-state index in [2.05, 4.69) is 15.1 Å². The number of fused-ring (bicyclic) bond motifs is 1. The van der Waals surface area contributed by atoms with Gasteiger partial charge in [0.05, 0.1) is 29.5 Å². The molecule has 1 aliphatic rings. The van der Waals surface area contributed by atoms with Crippen molar-refractivity contribution in [2.24, 2.45) is 10.2 Å². The Balaban J connectivity index is 1.60. The lowest BCUT2D eigenvalue weighted by Gasteiger charge is -2.26. The van der Waals surface area contributed by atoms with E-state index in [1.807, 2.05) is 24.3 Å². The summed E-state index contributed by atoms with van der Waals surface area (Å²) in [4.78, 5) is 1.92. The smallest absolute Gasteiger partial charge is 0.294 e. The molecule has 0 bridgehead atoms. The van der Waals surface area contributed by atoms with Crippen LogP contribution in [0.1, 0.15) is 11.1 Å². The number of nitrogens with zero attached hydrogens (tertiary/aromatic N) is 3. The van der Waals surface area contributed by atoms with Crippen molar-refractivity contribution < 1.29 is 22.8 Å². The summed E-state index contributed by atoms with van der Waals surface area (Å²) >= 11 is 0. The van der Waals surface area contributed by atoms with E-state index in [-0.39, 0.29) is 16.8 Å². The molecule has 0 radical (unpaired) electrons. The number of rotatable bonds is 5. The van der Waals surface area contributed by atoms with Crippen LogP contribution in [-0.4, -0.2) is 49.3 Å². The summed E-state index contributed by atoms with van der Waals surface area (Å²) in [7, 11) is -4.46. The first kappa shape index (κ1) is 22.2. The Kier molecular flexibility index (Phi) is 6.11. The minimum absolute atomic E-state index is 0.173. The number of nitrogens with two attached hydrogens (primary N) is 1. The van der Waals surface area contributed by atoms with Gasteiger partial charge in [-0.3, -0.25) is 9.45 Å². The minimum Gasteiger partial charge on any atom is -0.507 e. The van der Waals surface area contributed by atoms with Gasteiger partial charge in [-0.05, 0) is 47.7 Å². The van der Waals surface area contributed by atoms with Crippen LogP contribution in [0.4, 0.5) is 17.1 Å². The molecular weight excluding hydrogens is 432 g/mol. The second-order valence-corrected chi connectivity index (χ2v) is 9.15. The fourth-order valence-electron chi connectivity index (χ4n) is 3.74. The Bertz CT molecular complexity index is 1280. The fourth-order valence-corrected chi connectivity index (χ4v) is 4.27. The molecule has 0 saturated carbocycles. The summed E-state index contributed by atoms with van der Waals surface area (Å²) < 4.78 is 37.5. The zero-order valence-corrected chi connectivity index (χ0v) is 18.3. The number of nitrogen functional groups attached to an aromatic ring is 1. The van der Waals surface area contributed by atoms with Crippen molar-refractivity contribution in [3.63, 3.8) is 0 Å². The maximum atomic E-state index is 11.4. The van der Waals surface area contributed by atoms with Crippen LogP contribution >= 0.6 is 0 Å². The van der Waals surface area contributed by atoms with E-state index in [0.29, 0.717) is 22.3 Å². The molecule has 4 N–H and O–H groups in total. The molecule has 1 heterocycles. The highest BCUT2D eigenvalue weighted by Crippen LogP contribution is 2.41. The van der Waals surface area contributed by atoms with Crippen LogP contribution in [0.15, 0.2) is 57.6 Å². The van der Waals surface area contributed by atoms with Gasteiger partial charge in [0.25, 0.3) is 10.1 Å². The summed E-state index contributed by atoms with van der Waals surface area (Å²) in [6.45, 7) is 5.95. The number of hydrogen-bond acceptors (Lipinski definition) is 8. The Morgan fingerprint density at radius 3 is 2.44 bits per heavy atom. The van der Waals surface area contributed by atoms with E-state index < -0.39 is 15.0 Å². The quantitative estimate of drug-likeness (QED) is 0.300. The first-order valence-corrected chi connectivity index (χ1v) is 11.5. The van der Waals surface area contributed by atoms with Crippen molar-refractivity contribution in [3.8, 4) is 5.75 Å². The molecule has 0 aliphatic carbocycles. The van der Waals surface area contributed by atoms with Gasteiger partial charge in [0.15, 0.2) is 0 Å². The fraction of sp³-hybridized carbons (Fsp3) is 0.273. The number of aromatic hydroxyl groups is 1. The zero-order chi connectivity index (χ0) is 22.9. The molecule has 4 rings (SSSR count). The van der Waals surface area contributed by atoms with Crippen LogP contribution in [0.5, 0.6) is 5.75 Å². The molecule has 9 nitrogen and oxygen atoms in total. The van der Waals surface area contributed by atoms with E-state index in [1.54, 1.807) is 13.0 Å². The first-order chi connectivity index (χ1) is 15.2. The van der Waals surface area contributed by atoms with Gasteiger partial charge in [-0.1, -0.05) is 12.1 Å². The summed E-state index contributed by atoms with van der Waals surface area (Å²) in [5, 5.41) is 19.5. The number of anilines is 1. The van der Waals surface area contributed by atoms with Gasteiger partial charge >= 0.3 is 0 Å². The third kappa shape index (κ3) is 4.73. The van der Waals surface area contributed by atoms with Crippen molar-refractivity contribution in [1.29, 1.82) is 0 Å². The number of morpholine rings is 1. The topological polar surface area (TPSA) is 138 Å². The number of hydrogen-bond donors (Lipinski definition) is 3. The third-order valence-electron chi connectivity index (χ3n) is 5.40. The third-order valence-corrected chi connectivity index (χ3v) is 6.23. The second-order valence-electron chi connectivity index (χ2n) is 7.73.